The van der Waals surface area contributed by atoms with E-state index in [0.717, 1.165) is 32.7 Å². The lowest BCUT2D eigenvalue weighted by Gasteiger charge is -2.37. The molecule has 2 rings (SSSR count). The van der Waals surface area contributed by atoms with Crippen molar-refractivity contribution in [2.24, 2.45) is 4.99 Å². The molecule has 1 aromatic rings. The number of hydrogen-bond donors (Lipinski definition) is 2. The Hall–Kier alpha value is -2.00. The maximum atomic E-state index is 12.6. The van der Waals surface area contributed by atoms with Crippen LogP contribution in [0.1, 0.15) is 26.3 Å². The number of halogens is 3. The van der Waals surface area contributed by atoms with Crippen LogP contribution in [0.25, 0.3) is 0 Å². The van der Waals surface area contributed by atoms with Gasteiger partial charge in [-0.3, -0.25) is 4.90 Å². The molecular weight excluding hydrogens is 383 g/mol. The number of rotatable bonds is 8. The predicted octanol–water partition coefficient (Wildman–Crippen LogP) is 2.67. The maximum Gasteiger partial charge on any atom is 0.573 e. The molecule has 1 aromatic carbocycles. The fourth-order valence-electron chi connectivity index (χ4n) is 3.26. The van der Waals surface area contributed by atoms with Crippen molar-refractivity contribution in [1.29, 1.82) is 0 Å². The normalized spacial score (nSPS) is 17.8. The van der Waals surface area contributed by atoms with E-state index < -0.39 is 6.36 Å². The molecule has 6 nitrogen and oxygen atoms in total. The molecule has 1 aliphatic rings. The first kappa shape index (κ1) is 23.3. The number of ether oxygens (including phenoxy) is 1. The van der Waals surface area contributed by atoms with Gasteiger partial charge < -0.3 is 20.3 Å². The van der Waals surface area contributed by atoms with E-state index in [0.29, 0.717) is 30.7 Å². The Morgan fingerprint density at radius 2 is 1.83 bits per heavy atom. The highest BCUT2D eigenvalue weighted by Crippen LogP contribution is 2.26. The molecule has 164 valence electrons. The van der Waals surface area contributed by atoms with E-state index in [-0.39, 0.29) is 12.3 Å². The molecule has 2 N–H and O–H groups in total. The van der Waals surface area contributed by atoms with Crippen molar-refractivity contribution in [3.63, 3.8) is 0 Å². The Balaban J connectivity index is 1.93. The van der Waals surface area contributed by atoms with E-state index in [1.165, 1.54) is 12.1 Å². The summed E-state index contributed by atoms with van der Waals surface area (Å²) in [7, 11) is 0. The molecule has 0 aromatic heterocycles. The number of benzene rings is 1. The lowest BCUT2D eigenvalue weighted by atomic mass is 10.2. The largest absolute Gasteiger partial charge is 0.573 e. The molecule has 1 saturated heterocycles. The molecular formula is C20H32F3N5O. The smallest absolute Gasteiger partial charge is 0.405 e. The fraction of sp³-hybridized carbons (Fsp3) is 0.650. The van der Waals surface area contributed by atoms with Crippen LogP contribution in [-0.2, 0) is 6.54 Å². The summed E-state index contributed by atoms with van der Waals surface area (Å²) in [4.78, 5) is 9.31. The fourth-order valence-corrected chi connectivity index (χ4v) is 3.26. The van der Waals surface area contributed by atoms with Crippen molar-refractivity contribution in [1.82, 2.24) is 20.4 Å². The second-order valence-corrected chi connectivity index (χ2v) is 7.05. The van der Waals surface area contributed by atoms with Crippen LogP contribution in [0.15, 0.2) is 29.3 Å². The number of likely N-dealkylation sites (N-methyl/N-ethyl adjacent to an activating group) is 1. The maximum absolute atomic E-state index is 12.6. The summed E-state index contributed by atoms with van der Waals surface area (Å²) in [6.45, 7) is 13.1. The third-order valence-corrected chi connectivity index (χ3v) is 4.99. The minimum absolute atomic E-state index is 0.0884. The van der Waals surface area contributed by atoms with Crippen molar-refractivity contribution in [2.45, 2.75) is 39.7 Å². The first-order valence-electron chi connectivity index (χ1n) is 10.1. The van der Waals surface area contributed by atoms with Gasteiger partial charge in [-0.1, -0.05) is 25.1 Å². The molecule has 0 radical (unpaired) electrons. The summed E-state index contributed by atoms with van der Waals surface area (Å²) < 4.78 is 41.9. The molecule has 0 saturated carbocycles. The van der Waals surface area contributed by atoms with Crippen molar-refractivity contribution in [2.75, 3.05) is 45.8 Å². The van der Waals surface area contributed by atoms with Gasteiger partial charge in [0, 0.05) is 50.9 Å². The Kier molecular flexibility index (Phi) is 9.03. The lowest BCUT2D eigenvalue weighted by Crippen LogP contribution is -2.53. The highest BCUT2D eigenvalue weighted by atomic mass is 19.4. The van der Waals surface area contributed by atoms with Crippen LogP contribution >= 0.6 is 0 Å². The van der Waals surface area contributed by atoms with Gasteiger partial charge in [0.05, 0.1) is 6.54 Å². The Morgan fingerprint density at radius 3 is 2.45 bits per heavy atom. The zero-order valence-corrected chi connectivity index (χ0v) is 17.4. The number of nitrogens with one attached hydrogen (secondary N) is 2. The molecule has 0 amide bonds. The SMILES string of the molecule is CCNC(=NCc1ccccc1OC(F)(F)F)NCC(C)N1CCN(CC)CC1. The van der Waals surface area contributed by atoms with E-state index in [1.54, 1.807) is 12.1 Å². The second-order valence-electron chi connectivity index (χ2n) is 7.05. The third kappa shape index (κ3) is 8.10. The van der Waals surface area contributed by atoms with Crippen LogP contribution in [-0.4, -0.2) is 74.0 Å². The quantitative estimate of drug-likeness (QED) is 0.505. The van der Waals surface area contributed by atoms with Gasteiger partial charge in [0.1, 0.15) is 5.75 Å². The molecule has 1 atom stereocenters. The number of nitrogens with zero attached hydrogens (tertiary/aromatic N) is 3. The van der Waals surface area contributed by atoms with Gasteiger partial charge in [-0.2, -0.15) is 0 Å². The minimum Gasteiger partial charge on any atom is -0.405 e. The standard InChI is InChI=1S/C20H32F3N5O/c1-4-24-19(25-14-16(3)28-12-10-27(5-2)11-13-28)26-15-17-8-6-7-9-18(17)29-20(21,22)23/h6-9,16H,4-5,10-15H2,1-3H3,(H2,24,25,26). The second kappa shape index (κ2) is 11.3. The first-order valence-corrected chi connectivity index (χ1v) is 10.1. The van der Waals surface area contributed by atoms with Crippen molar-refractivity contribution < 1.29 is 17.9 Å². The minimum atomic E-state index is -4.72. The zero-order valence-electron chi connectivity index (χ0n) is 17.4. The number of hydrogen-bond acceptors (Lipinski definition) is 4. The van der Waals surface area contributed by atoms with Gasteiger partial charge >= 0.3 is 6.36 Å². The Bertz CT molecular complexity index is 645. The van der Waals surface area contributed by atoms with Gasteiger partial charge in [-0.15, -0.1) is 13.2 Å². The Morgan fingerprint density at radius 1 is 1.14 bits per heavy atom. The van der Waals surface area contributed by atoms with Crippen LogP contribution in [0.3, 0.4) is 0 Å². The van der Waals surface area contributed by atoms with Crippen LogP contribution in [0.2, 0.25) is 0 Å². The number of piperazine rings is 1. The lowest BCUT2D eigenvalue weighted by molar-refractivity contribution is -0.274. The summed E-state index contributed by atoms with van der Waals surface area (Å²) >= 11 is 0. The van der Waals surface area contributed by atoms with Gasteiger partial charge in [0.25, 0.3) is 0 Å². The predicted molar refractivity (Wildman–Crippen MR) is 109 cm³/mol. The zero-order chi connectivity index (χ0) is 21.3. The monoisotopic (exact) mass is 415 g/mol. The Labute approximate surface area is 171 Å². The summed E-state index contributed by atoms with van der Waals surface area (Å²) in [5.41, 5.74) is 0.380. The third-order valence-electron chi connectivity index (χ3n) is 4.99. The molecule has 29 heavy (non-hydrogen) atoms. The topological polar surface area (TPSA) is 52.1 Å². The summed E-state index contributed by atoms with van der Waals surface area (Å²) in [5.74, 6) is 0.357. The van der Waals surface area contributed by atoms with E-state index in [9.17, 15) is 13.2 Å². The van der Waals surface area contributed by atoms with Crippen LogP contribution in [0.4, 0.5) is 13.2 Å². The highest BCUT2D eigenvalue weighted by molar-refractivity contribution is 5.79. The van der Waals surface area contributed by atoms with Crippen molar-refractivity contribution in [3.05, 3.63) is 29.8 Å². The molecule has 0 spiro atoms. The molecule has 0 aliphatic carbocycles. The molecule has 1 fully saturated rings. The number of para-hydroxylation sites is 1. The van der Waals surface area contributed by atoms with Crippen molar-refractivity contribution >= 4 is 5.96 Å². The van der Waals surface area contributed by atoms with E-state index >= 15 is 0 Å². The number of aliphatic imine (C=N–C) groups is 1. The van der Waals surface area contributed by atoms with Gasteiger partial charge in [-0.05, 0) is 26.5 Å². The molecule has 1 aliphatic heterocycles. The average molecular weight is 416 g/mol. The van der Waals surface area contributed by atoms with Crippen molar-refractivity contribution in [3.8, 4) is 5.75 Å². The van der Waals surface area contributed by atoms with Crippen LogP contribution in [0.5, 0.6) is 5.75 Å². The average Bonchev–Trinajstić information content (AvgIpc) is 2.69. The van der Waals surface area contributed by atoms with Crippen LogP contribution < -0.4 is 15.4 Å². The van der Waals surface area contributed by atoms with Crippen LogP contribution in [0, 0.1) is 0 Å². The van der Waals surface area contributed by atoms with Gasteiger partial charge in [-0.25, -0.2) is 4.99 Å². The van der Waals surface area contributed by atoms with E-state index in [1.807, 2.05) is 6.92 Å². The molecule has 9 heteroatoms. The molecule has 0 bridgehead atoms. The summed E-state index contributed by atoms with van der Waals surface area (Å²) in [6.07, 6.45) is -4.72. The first-order chi connectivity index (χ1) is 13.8. The summed E-state index contributed by atoms with van der Waals surface area (Å²) in [5, 5.41) is 6.45. The number of guanidine groups is 1. The van der Waals surface area contributed by atoms with Gasteiger partial charge in [0.15, 0.2) is 5.96 Å². The van der Waals surface area contributed by atoms with E-state index in [4.69, 9.17) is 0 Å². The summed E-state index contributed by atoms with van der Waals surface area (Å²) in [6, 6.07) is 6.41. The molecule has 1 unspecified atom stereocenters. The van der Waals surface area contributed by atoms with Gasteiger partial charge in [0.2, 0.25) is 0 Å². The number of alkyl halides is 3. The van der Waals surface area contributed by atoms with E-state index in [2.05, 4.69) is 44.0 Å². The molecule has 1 heterocycles. The highest BCUT2D eigenvalue weighted by Gasteiger charge is 2.32.